The second-order valence-electron chi connectivity index (χ2n) is 9.29. The molecule has 0 radical (unpaired) electrons. The molecule has 0 aliphatic carbocycles. The van der Waals surface area contributed by atoms with Crippen LogP contribution in [-0.4, -0.2) is 49.0 Å². The van der Waals surface area contributed by atoms with Gasteiger partial charge in [0.1, 0.15) is 29.7 Å². The molecular formula is C30H26N10O3S. The van der Waals surface area contributed by atoms with Gasteiger partial charge in [-0.1, -0.05) is 65.0 Å². The van der Waals surface area contributed by atoms with Crippen molar-refractivity contribution in [3.05, 3.63) is 95.9 Å². The van der Waals surface area contributed by atoms with E-state index in [0.717, 1.165) is 11.1 Å². The van der Waals surface area contributed by atoms with Crippen LogP contribution in [0.15, 0.2) is 84.3 Å². The van der Waals surface area contributed by atoms with Crippen molar-refractivity contribution in [2.45, 2.75) is 24.4 Å². The predicted molar refractivity (Wildman–Crippen MR) is 164 cm³/mol. The Kier molecular flexibility index (Phi) is 9.38. The minimum atomic E-state index is -0.704. The first-order chi connectivity index (χ1) is 21.4. The summed E-state index contributed by atoms with van der Waals surface area (Å²) in [5.41, 5.74) is 3.81. The molecule has 0 fully saturated rings. The van der Waals surface area contributed by atoms with Crippen molar-refractivity contribution in [3.63, 3.8) is 0 Å². The summed E-state index contributed by atoms with van der Waals surface area (Å²) in [6.07, 6.45) is 3.12. The van der Waals surface area contributed by atoms with Crippen LogP contribution in [0.2, 0.25) is 0 Å². The highest BCUT2D eigenvalue weighted by molar-refractivity contribution is 7.98. The van der Waals surface area contributed by atoms with Crippen LogP contribution in [0.3, 0.4) is 0 Å². The number of aromatic nitrogens is 6. The monoisotopic (exact) mass is 606 g/mol. The third kappa shape index (κ3) is 7.52. The highest BCUT2D eigenvalue weighted by Gasteiger charge is 2.19. The van der Waals surface area contributed by atoms with E-state index in [1.165, 1.54) is 22.6 Å². The molecule has 220 valence electrons. The predicted octanol–water partition coefficient (Wildman–Crippen LogP) is 4.70. The number of para-hydroxylation sites is 2. The Balaban J connectivity index is 1.31. The van der Waals surface area contributed by atoms with Gasteiger partial charge in [0.25, 0.3) is 0 Å². The molecule has 0 bridgehead atoms. The van der Waals surface area contributed by atoms with Crippen LogP contribution in [0.1, 0.15) is 16.8 Å². The number of nitrogens with one attached hydrogen (secondary N) is 3. The molecule has 5 rings (SSSR count). The first-order valence-corrected chi connectivity index (χ1v) is 14.2. The van der Waals surface area contributed by atoms with Crippen LogP contribution in [-0.2, 0) is 17.1 Å². The minimum Gasteiger partial charge on any atom is -0.495 e. The van der Waals surface area contributed by atoms with Gasteiger partial charge >= 0.3 is 6.03 Å². The summed E-state index contributed by atoms with van der Waals surface area (Å²) in [5.74, 6) is 0.988. The average Bonchev–Trinajstić information content (AvgIpc) is 3.47. The van der Waals surface area contributed by atoms with Gasteiger partial charge in [-0.3, -0.25) is 15.4 Å². The molecule has 3 N–H and O–H groups in total. The number of carbonyl (C=O) groups excluding carboxylic acids is 2. The lowest BCUT2D eigenvalue weighted by Crippen LogP contribution is -2.36. The molecule has 0 spiro atoms. The SMILES string of the molecule is COc1ccccc1Nc1nc(SCc2cn(CC(=O)NC(=O)Nc3ccccn3)nn2)nc(-c2ccc(C)cc2)c1C#N. The summed E-state index contributed by atoms with van der Waals surface area (Å²) >= 11 is 1.29. The number of nitrogens with zero attached hydrogens (tertiary/aromatic N) is 7. The van der Waals surface area contributed by atoms with Gasteiger partial charge in [0.15, 0.2) is 11.0 Å². The van der Waals surface area contributed by atoms with Crippen LogP contribution in [0.4, 0.5) is 22.1 Å². The number of anilines is 3. The molecule has 13 nitrogen and oxygen atoms in total. The fraction of sp³-hybridized carbons (Fsp3) is 0.133. The maximum atomic E-state index is 12.3. The van der Waals surface area contributed by atoms with Crippen LogP contribution in [0.5, 0.6) is 5.75 Å². The Labute approximate surface area is 256 Å². The molecule has 0 aliphatic heterocycles. The number of imide groups is 1. The van der Waals surface area contributed by atoms with Crippen LogP contribution in [0, 0.1) is 18.3 Å². The van der Waals surface area contributed by atoms with Gasteiger partial charge < -0.3 is 10.1 Å². The lowest BCUT2D eigenvalue weighted by molar-refractivity contribution is -0.120. The second-order valence-corrected chi connectivity index (χ2v) is 10.2. The fourth-order valence-electron chi connectivity index (χ4n) is 4.01. The highest BCUT2D eigenvalue weighted by atomic mass is 32.2. The van der Waals surface area contributed by atoms with Gasteiger partial charge in [-0.15, -0.1) is 5.10 Å². The van der Waals surface area contributed by atoms with Gasteiger partial charge in [0.2, 0.25) is 5.91 Å². The quantitative estimate of drug-likeness (QED) is 0.149. The number of nitriles is 1. The van der Waals surface area contributed by atoms with E-state index in [-0.39, 0.29) is 12.1 Å². The van der Waals surface area contributed by atoms with Crippen LogP contribution in [0.25, 0.3) is 11.3 Å². The molecule has 0 saturated carbocycles. The summed E-state index contributed by atoms with van der Waals surface area (Å²) in [6, 6.07) is 21.6. The zero-order valence-electron chi connectivity index (χ0n) is 23.7. The normalized spacial score (nSPS) is 10.5. The summed E-state index contributed by atoms with van der Waals surface area (Å²) < 4.78 is 6.79. The van der Waals surface area contributed by atoms with E-state index in [2.05, 4.69) is 42.3 Å². The lowest BCUT2D eigenvalue weighted by Gasteiger charge is -2.14. The number of methoxy groups -OCH3 is 1. The molecule has 0 aliphatic rings. The Morgan fingerprint density at radius 1 is 1.05 bits per heavy atom. The van der Waals surface area contributed by atoms with Crippen molar-refractivity contribution in [2.75, 3.05) is 17.7 Å². The average molecular weight is 607 g/mol. The van der Waals surface area contributed by atoms with Crippen molar-refractivity contribution in [3.8, 4) is 23.1 Å². The first-order valence-electron chi connectivity index (χ1n) is 13.2. The molecule has 0 unspecified atom stereocenters. The number of thioether (sulfide) groups is 1. The molecule has 3 aromatic heterocycles. The van der Waals surface area contributed by atoms with E-state index in [1.54, 1.807) is 31.5 Å². The maximum absolute atomic E-state index is 12.3. The molecular weight excluding hydrogens is 580 g/mol. The number of ether oxygens (including phenoxy) is 1. The first kappa shape index (κ1) is 29.7. The second kappa shape index (κ2) is 13.9. The van der Waals surface area contributed by atoms with E-state index in [1.807, 2.05) is 55.5 Å². The molecule has 0 saturated heterocycles. The third-order valence-electron chi connectivity index (χ3n) is 6.09. The summed E-state index contributed by atoms with van der Waals surface area (Å²) in [4.78, 5) is 37.8. The standard InChI is InChI=1S/C30H26N10O3S/c1-19-10-12-20(13-11-19)27-22(15-31)28(33-23-7-3-4-8-24(23)43-2)37-30(36-27)44-18-21-16-40(39-38-21)17-26(41)35-29(42)34-25-9-5-6-14-32-25/h3-14,16H,17-18H2,1-2H3,(H,33,36,37)(H2,32,34,35,41,42). The number of urea groups is 1. The Bertz CT molecular complexity index is 1820. The van der Waals surface area contributed by atoms with E-state index in [0.29, 0.717) is 45.4 Å². The smallest absolute Gasteiger partial charge is 0.327 e. The minimum absolute atomic E-state index is 0.217. The lowest BCUT2D eigenvalue weighted by atomic mass is 10.1. The van der Waals surface area contributed by atoms with Crippen molar-refractivity contribution < 1.29 is 14.3 Å². The fourth-order valence-corrected chi connectivity index (χ4v) is 4.74. The Morgan fingerprint density at radius 3 is 2.59 bits per heavy atom. The van der Waals surface area contributed by atoms with Crippen molar-refractivity contribution in [1.82, 2.24) is 35.3 Å². The van der Waals surface area contributed by atoms with Gasteiger partial charge in [-0.05, 0) is 31.2 Å². The molecule has 5 aromatic rings. The summed E-state index contributed by atoms with van der Waals surface area (Å²) in [7, 11) is 1.57. The molecule has 3 heterocycles. The number of aryl methyl sites for hydroxylation is 1. The van der Waals surface area contributed by atoms with Crippen molar-refractivity contribution >= 4 is 41.0 Å². The van der Waals surface area contributed by atoms with Crippen molar-refractivity contribution in [2.24, 2.45) is 0 Å². The zero-order valence-corrected chi connectivity index (χ0v) is 24.5. The van der Waals surface area contributed by atoms with Crippen LogP contribution >= 0.6 is 11.8 Å². The van der Waals surface area contributed by atoms with Gasteiger partial charge in [-0.25, -0.2) is 24.4 Å². The molecule has 2 aromatic carbocycles. The molecule has 3 amide bonds. The van der Waals surface area contributed by atoms with E-state index < -0.39 is 11.9 Å². The van der Waals surface area contributed by atoms with E-state index >= 15 is 0 Å². The Hall–Kier alpha value is -5.81. The molecule has 0 atom stereocenters. The van der Waals surface area contributed by atoms with E-state index in [4.69, 9.17) is 9.72 Å². The van der Waals surface area contributed by atoms with Crippen molar-refractivity contribution in [1.29, 1.82) is 5.26 Å². The number of pyridine rings is 1. The number of hydrogen-bond donors (Lipinski definition) is 3. The molecule has 44 heavy (non-hydrogen) atoms. The number of rotatable bonds is 10. The number of hydrogen-bond acceptors (Lipinski definition) is 11. The number of amides is 3. The molecule has 14 heteroatoms. The highest BCUT2D eigenvalue weighted by Crippen LogP contribution is 2.33. The Morgan fingerprint density at radius 2 is 1.84 bits per heavy atom. The topological polar surface area (TPSA) is 173 Å². The maximum Gasteiger partial charge on any atom is 0.327 e. The summed E-state index contributed by atoms with van der Waals surface area (Å²) in [6.45, 7) is 1.77. The zero-order chi connectivity index (χ0) is 30.9. The van der Waals surface area contributed by atoms with Gasteiger partial charge in [0, 0.05) is 23.7 Å². The number of benzene rings is 2. The van der Waals surface area contributed by atoms with E-state index in [9.17, 15) is 14.9 Å². The number of carbonyl (C=O) groups is 2. The van der Waals surface area contributed by atoms with Gasteiger partial charge in [-0.2, -0.15) is 5.26 Å². The van der Waals surface area contributed by atoms with Crippen LogP contribution < -0.4 is 20.7 Å². The summed E-state index contributed by atoms with van der Waals surface area (Å²) in [5, 5.41) is 26.6. The largest absolute Gasteiger partial charge is 0.495 e. The third-order valence-corrected chi connectivity index (χ3v) is 6.97. The van der Waals surface area contributed by atoms with Gasteiger partial charge in [0.05, 0.1) is 24.2 Å².